The van der Waals surface area contributed by atoms with E-state index in [0.717, 1.165) is 37.3 Å². The van der Waals surface area contributed by atoms with Gasteiger partial charge >= 0.3 is 0 Å². The first kappa shape index (κ1) is 21.7. The summed E-state index contributed by atoms with van der Waals surface area (Å²) in [7, 11) is -1.43. The molecule has 0 saturated heterocycles. The maximum atomic E-state index is 11.6. The quantitative estimate of drug-likeness (QED) is 0.375. The van der Waals surface area contributed by atoms with Crippen molar-refractivity contribution in [1.82, 2.24) is 15.2 Å². The van der Waals surface area contributed by atoms with Gasteiger partial charge < -0.3 is 15.2 Å². The molecule has 0 fully saturated rings. The van der Waals surface area contributed by atoms with Gasteiger partial charge in [0.05, 0.1) is 4.90 Å². The molecular weight excluding hydrogens is 376 g/mol. The summed E-state index contributed by atoms with van der Waals surface area (Å²) in [5.41, 5.74) is 1.08. The molecule has 2 rings (SSSR count). The van der Waals surface area contributed by atoms with E-state index in [-0.39, 0.29) is 5.56 Å². The smallest absolute Gasteiger partial charge is 0.250 e. The van der Waals surface area contributed by atoms with E-state index >= 15 is 0 Å². The third-order valence-electron chi connectivity index (χ3n) is 4.30. The van der Waals surface area contributed by atoms with Gasteiger partial charge in [-0.1, -0.05) is 18.2 Å². The largest absolute Gasteiger partial charge is 0.356 e. The van der Waals surface area contributed by atoms with Crippen LogP contribution < -0.4 is 16.2 Å². The number of pyridine rings is 1. The molecule has 1 heterocycles. The van der Waals surface area contributed by atoms with Gasteiger partial charge in [-0.2, -0.15) is 0 Å². The number of nitrogens with one attached hydrogen (secondary N) is 2. The number of sulfone groups is 1. The lowest BCUT2D eigenvalue weighted by Gasteiger charge is -2.12. The van der Waals surface area contributed by atoms with Gasteiger partial charge in [0.2, 0.25) is 5.56 Å². The minimum atomic E-state index is -3.16. The Balaban J connectivity index is 1.66. The number of unbranched alkanes of at least 4 members (excludes halogenated alkanes) is 1. The van der Waals surface area contributed by atoms with Crippen LogP contribution in [0.2, 0.25) is 0 Å². The van der Waals surface area contributed by atoms with Gasteiger partial charge in [0.1, 0.15) is 0 Å². The fourth-order valence-corrected chi connectivity index (χ4v) is 3.34. The lowest BCUT2D eigenvalue weighted by Crippen LogP contribution is -2.38. The summed E-state index contributed by atoms with van der Waals surface area (Å²) in [6.45, 7) is 2.17. The predicted octanol–water partition coefficient (Wildman–Crippen LogP) is 1.44. The van der Waals surface area contributed by atoms with Crippen LogP contribution >= 0.6 is 0 Å². The molecule has 1 aromatic heterocycles. The maximum Gasteiger partial charge on any atom is 0.250 e. The van der Waals surface area contributed by atoms with Gasteiger partial charge in [0.25, 0.3) is 0 Å². The average Bonchev–Trinajstić information content (AvgIpc) is 2.67. The molecule has 152 valence electrons. The topological polar surface area (TPSA) is 92.6 Å². The molecule has 28 heavy (non-hydrogen) atoms. The second-order valence-electron chi connectivity index (χ2n) is 6.53. The number of hydrogen-bond donors (Lipinski definition) is 2. The summed E-state index contributed by atoms with van der Waals surface area (Å²) in [4.78, 5) is 16.2. The van der Waals surface area contributed by atoms with Crippen molar-refractivity contribution >= 4 is 15.8 Å². The molecule has 0 unspecified atom stereocenters. The predicted molar refractivity (Wildman–Crippen MR) is 113 cm³/mol. The highest BCUT2D eigenvalue weighted by Gasteiger charge is 2.06. The third-order valence-corrected chi connectivity index (χ3v) is 5.43. The molecule has 7 nitrogen and oxygen atoms in total. The molecule has 8 heteroatoms. The first-order valence-corrected chi connectivity index (χ1v) is 11.2. The Morgan fingerprint density at radius 2 is 1.75 bits per heavy atom. The normalized spacial score (nSPS) is 12.0. The van der Waals surface area contributed by atoms with Crippen molar-refractivity contribution in [3.05, 3.63) is 64.6 Å². The number of nitrogens with zero attached hydrogens (tertiary/aromatic N) is 2. The highest BCUT2D eigenvalue weighted by molar-refractivity contribution is 7.90. The van der Waals surface area contributed by atoms with Crippen LogP contribution in [0.15, 0.2) is 63.3 Å². The van der Waals surface area contributed by atoms with E-state index in [1.165, 1.54) is 6.26 Å². The Kier molecular flexibility index (Phi) is 8.25. The monoisotopic (exact) mass is 404 g/mol. The zero-order valence-electron chi connectivity index (χ0n) is 16.4. The van der Waals surface area contributed by atoms with Crippen LogP contribution in [-0.4, -0.2) is 45.3 Å². The molecule has 0 radical (unpaired) electrons. The van der Waals surface area contributed by atoms with E-state index in [0.29, 0.717) is 18.0 Å². The highest BCUT2D eigenvalue weighted by atomic mass is 32.2. The van der Waals surface area contributed by atoms with Crippen LogP contribution in [0.5, 0.6) is 0 Å². The molecule has 0 aliphatic carbocycles. The van der Waals surface area contributed by atoms with Crippen molar-refractivity contribution in [2.45, 2.75) is 30.7 Å². The molecule has 0 bridgehead atoms. The molecule has 2 N–H and O–H groups in total. The number of guanidine groups is 1. The molecule has 0 amide bonds. The van der Waals surface area contributed by atoms with Gasteiger partial charge in [0.15, 0.2) is 15.8 Å². The zero-order chi connectivity index (χ0) is 20.4. The number of aromatic nitrogens is 1. The van der Waals surface area contributed by atoms with Crippen molar-refractivity contribution in [3.8, 4) is 0 Å². The Morgan fingerprint density at radius 1 is 1.04 bits per heavy atom. The maximum absolute atomic E-state index is 11.6. The van der Waals surface area contributed by atoms with Gasteiger partial charge in [-0.25, -0.2) is 8.42 Å². The number of rotatable bonds is 9. The Labute approximate surface area is 166 Å². The van der Waals surface area contributed by atoms with Crippen molar-refractivity contribution in [1.29, 1.82) is 0 Å². The minimum absolute atomic E-state index is 0.0255. The van der Waals surface area contributed by atoms with Crippen LogP contribution in [-0.2, 0) is 22.8 Å². The van der Waals surface area contributed by atoms with Crippen LogP contribution in [0.3, 0.4) is 0 Å². The van der Waals surface area contributed by atoms with Crippen molar-refractivity contribution in [3.63, 3.8) is 0 Å². The summed E-state index contributed by atoms with van der Waals surface area (Å²) < 4.78 is 24.7. The Hall–Kier alpha value is -2.61. The van der Waals surface area contributed by atoms with E-state index in [1.54, 1.807) is 42.1 Å². The van der Waals surface area contributed by atoms with Crippen LogP contribution in [0.25, 0.3) is 0 Å². The SMILES string of the molecule is CN=C(NCCCCn1ccccc1=O)NCCc1ccc(S(C)(=O)=O)cc1. The minimum Gasteiger partial charge on any atom is -0.356 e. The molecule has 0 aliphatic heterocycles. The molecular formula is C20H28N4O3S. The average molecular weight is 405 g/mol. The number of aryl methyl sites for hydroxylation is 1. The number of hydrogen-bond acceptors (Lipinski definition) is 4. The van der Waals surface area contributed by atoms with Crippen LogP contribution in [0.4, 0.5) is 0 Å². The van der Waals surface area contributed by atoms with E-state index in [9.17, 15) is 13.2 Å². The van der Waals surface area contributed by atoms with Crippen molar-refractivity contribution in [2.24, 2.45) is 4.99 Å². The van der Waals surface area contributed by atoms with Gasteiger partial charge in [0, 0.05) is 45.2 Å². The van der Waals surface area contributed by atoms with Gasteiger partial charge in [-0.15, -0.1) is 0 Å². The number of benzene rings is 1. The fraction of sp³-hybridized carbons (Fsp3) is 0.400. The third kappa shape index (κ3) is 7.19. The highest BCUT2D eigenvalue weighted by Crippen LogP contribution is 2.10. The molecule has 2 aromatic rings. The van der Waals surface area contributed by atoms with Crippen LogP contribution in [0.1, 0.15) is 18.4 Å². The zero-order valence-corrected chi connectivity index (χ0v) is 17.2. The first-order chi connectivity index (χ1) is 13.4. The lowest BCUT2D eigenvalue weighted by molar-refractivity contribution is 0.585. The molecule has 0 atom stereocenters. The Bertz CT molecular complexity index is 934. The van der Waals surface area contributed by atoms with Crippen molar-refractivity contribution in [2.75, 3.05) is 26.4 Å². The molecule has 0 saturated carbocycles. The fourth-order valence-electron chi connectivity index (χ4n) is 2.71. The van der Waals surface area contributed by atoms with E-state index in [1.807, 2.05) is 18.2 Å². The molecule has 0 spiro atoms. The summed E-state index contributed by atoms with van der Waals surface area (Å²) in [6, 6.07) is 12.1. The summed E-state index contributed by atoms with van der Waals surface area (Å²) in [5.74, 6) is 0.727. The number of aliphatic imine (C=N–C) groups is 1. The van der Waals surface area contributed by atoms with E-state index in [4.69, 9.17) is 0 Å². The van der Waals surface area contributed by atoms with Crippen molar-refractivity contribution < 1.29 is 8.42 Å². The second kappa shape index (κ2) is 10.7. The van der Waals surface area contributed by atoms with Gasteiger partial charge in [-0.05, 0) is 43.0 Å². The summed E-state index contributed by atoms with van der Waals surface area (Å²) in [6.07, 6.45) is 5.60. The van der Waals surface area contributed by atoms with E-state index in [2.05, 4.69) is 15.6 Å². The standard InChI is InChI=1S/C20H28N4O3S/c1-21-20(22-13-4-6-16-24-15-5-3-7-19(24)25)23-14-12-17-8-10-18(11-9-17)28(2,26)27/h3,5,7-11,15H,4,6,12-14,16H2,1-2H3,(H2,21,22,23). The molecule has 0 aliphatic rings. The first-order valence-electron chi connectivity index (χ1n) is 9.29. The summed E-state index contributed by atoms with van der Waals surface area (Å²) >= 11 is 0. The lowest BCUT2D eigenvalue weighted by atomic mass is 10.1. The van der Waals surface area contributed by atoms with Gasteiger partial charge in [-0.3, -0.25) is 9.79 Å². The van der Waals surface area contributed by atoms with Crippen LogP contribution in [0, 0.1) is 0 Å². The second-order valence-corrected chi connectivity index (χ2v) is 8.55. The Morgan fingerprint density at radius 3 is 2.39 bits per heavy atom. The summed E-state index contributed by atoms with van der Waals surface area (Å²) in [5, 5.41) is 6.50. The molecule has 1 aromatic carbocycles. The van der Waals surface area contributed by atoms with E-state index < -0.39 is 9.84 Å².